The summed E-state index contributed by atoms with van der Waals surface area (Å²) in [6.07, 6.45) is 4.85. The summed E-state index contributed by atoms with van der Waals surface area (Å²) in [6.45, 7) is 6.74. The molecule has 1 fully saturated rings. The van der Waals surface area contributed by atoms with Crippen LogP contribution in [0.4, 0.5) is 4.79 Å². The van der Waals surface area contributed by atoms with Gasteiger partial charge in [-0.2, -0.15) is 0 Å². The standard InChI is InChI=1S/C15H28N2O3/c1-14(2,3)11-17(4)13(20)16-15(12(18)19)9-7-5-6-8-10-15/h5-11H2,1-4H3,(H,16,20)(H,18,19). The molecule has 1 aliphatic rings. The Balaban J connectivity index is 2.75. The molecule has 0 atom stereocenters. The van der Waals surface area contributed by atoms with Crippen LogP contribution in [-0.4, -0.2) is 41.1 Å². The molecular weight excluding hydrogens is 256 g/mol. The van der Waals surface area contributed by atoms with E-state index in [-0.39, 0.29) is 11.4 Å². The number of nitrogens with zero attached hydrogens (tertiary/aromatic N) is 1. The molecule has 0 aromatic rings. The first kappa shape index (κ1) is 16.8. The highest BCUT2D eigenvalue weighted by molar-refractivity contribution is 5.86. The maximum Gasteiger partial charge on any atom is 0.329 e. The number of urea groups is 1. The number of aliphatic carboxylic acids is 1. The van der Waals surface area contributed by atoms with Gasteiger partial charge in [0.25, 0.3) is 0 Å². The van der Waals surface area contributed by atoms with Crippen LogP contribution in [0.1, 0.15) is 59.3 Å². The zero-order valence-corrected chi connectivity index (χ0v) is 13.2. The van der Waals surface area contributed by atoms with Crippen LogP contribution in [-0.2, 0) is 4.79 Å². The van der Waals surface area contributed by atoms with Crippen molar-refractivity contribution in [3.05, 3.63) is 0 Å². The van der Waals surface area contributed by atoms with Crippen LogP contribution >= 0.6 is 0 Å². The molecule has 116 valence electrons. The number of amides is 2. The molecule has 0 unspecified atom stereocenters. The fraction of sp³-hybridized carbons (Fsp3) is 0.867. The summed E-state index contributed by atoms with van der Waals surface area (Å²) in [4.78, 5) is 25.5. The van der Waals surface area contributed by atoms with E-state index < -0.39 is 11.5 Å². The molecule has 0 aromatic carbocycles. The largest absolute Gasteiger partial charge is 0.480 e. The quantitative estimate of drug-likeness (QED) is 0.783. The van der Waals surface area contributed by atoms with Crippen LogP contribution in [0.3, 0.4) is 0 Å². The van der Waals surface area contributed by atoms with Gasteiger partial charge < -0.3 is 15.3 Å². The number of carboxylic acids is 1. The smallest absolute Gasteiger partial charge is 0.329 e. The molecule has 2 N–H and O–H groups in total. The van der Waals surface area contributed by atoms with E-state index >= 15 is 0 Å². The number of carbonyl (C=O) groups excluding carboxylic acids is 1. The van der Waals surface area contributed by atoms with Gasteiger partial charge in [0.05, 0.1) is 0 Å². The molecule has 1 aliphatic carbocycles. The molecule has 0 aromatic heterocycles. The molecule has 5 heteroatoms. The van der Waals surface area contributed by atoms with Crippen molar-refractivity contribution in [1.29, 1.82) is 0 Å². The van der Waals surface area contributed by atoms with Crippen LogP contribution in [0, 0.1) is 5.41 Å². The zero-order chi connectivity index (χ0) is 15.4. The maximum absolute atomic E-state index is 12.3. The van der Waals surface area contributed by atoms with Crippen LogP contribution in [0.15, 0.2) is 0 Å². The average molecular weight is 284 g/mol. The summed E-state index contributed by atoms with van der Waals surface area (Å²) in [5.41, 5.74) is -1.09. The maximum atomic E-state index is 12.3. The van der Waals surface area contributed by atoms with Crippen molar-refractivity contribution < 1.29 is 14.7 Å². The molecule has 1 rings (SSSR count). The lowest BCUT2D eigenvalue weighted by atomic mass is 9.90. The van der Waals surface area contributed by atoms with Gasteiger partial charge in [0.15, 0.2) is 0 Å². The molecule has 1 saturated carbocycles. The molecular formula is C15H28N2O3. The SMILES string of the molecule is CN(CC(C)(C)C)C(=O)NC1(C(=O)O)CCCCCC1. The molecule has 0 bridgehead atoms. The minimum atomic E-state index is -1.08. The van der Waals surface area contributed by atoms with Crippen molar-refractivity contribution in [3.8, 4) is 0 Å². The molecule has 2 amide bonds. The predicted octanol–water partition coefficient (Wildman–Crippen LogP) is 2.85. The summed E-state index contributed by atoms with van der Waals surface area (Å²) < 4.78 is 0. The first-order chi connectivity index (χ1) is 9.16. The Hall–Kier alpha value is -1.26. The highest BCUT2D eigenvalue weighted by Crippen LogP contribution is 2.28. The van der Waals surface area contributed by atoms with Gasteiger partial charge in [-0.25, -0.2) is 9.59 Å². The van der Waals surface area contributed by atoms with E-state index in [0.29, 0.717) is 19.4 Å². The van der Waals surface area contributed by atoms with Gasteiger partial charge in [0, 0.05) is 13.6 Å². The highest BCUT2D eigenvalue weighted by atomic mass is 16.4. The van der Waals surface area contributed by atoms with Crippen molar-refractivity contribution >= 4 is 12.0 Å². The summed E-state index contributed by atoms with van der Waals surface area (Å²) in [5.74, 6) is -0.906. The minimum absolute atomic E-state index is 0.00801. The lowest BCUT2D eigenvalue weighted by molar-refractivity contribution is -0.145. The lowest BCUT2D eigenvalue weighted by Gasteiger charge is -2.33. The van der Waals surface area contributed by atoms with E-state index in [1.807, 2.05) is 0 Å². The van der Waals surface area contributed by atoms with Crippen LogP contribution < -0.4 is 5.32 Å². The molecule has 0 heterocycles. The lowest BCUT2D eigenvalue weighted by Crippen LogP contribution is -2.57. The number of hydrogen-bond acceptors (Lipinski definition) is 2. The third-order valence-electron chi connectivity index (χ3n) is 3.77. The third kappa shape index (κ3) is 4.69. The summed E-state index contributed by atoms with van der Waals surface area (Å²) in [7, 11) is 1.72. The molecule has 20 heavy (non-hydrogen) atoms. The Morgan fingerprint density at radius 2 is 1.65 bits per heavy atom. The van der Waals surface area contributed by atoms with Gasteiger partial charge in [-0.1, -0.05) is 46.5 Å². The average Bonchev–Trinajstić information content (AvgIpc) is 2.53. The van der Waals surface area contributed by atoms with E-state index in [0.717, 1.165) is 25.7 Å². The monoisotopic (exact) mass is 284 g/mol. The van der Waals surface area contributed by atoms with E-state index in [4.69, 9.17) is 0 Å². The van der Waals surface area contributed by atoms with Gasteiger partial charge in [0.1, 0.15) is 5.54 Å². The van der Waals surface area contributed by atoms with Crippen LogP contribution in [0.2, 0.25) is 0 Å². The van der Waals surface area contributed by atoms with Gasteiger partial charge in [-0.3, -0.25) is 0 Å². The minimum Gasteiger partial charge on any atom is -0.480 e. The highest BCUT2D eigenvalue weighted by Gasteiger charge is 2.40. The molecule has 0 saturated heterocycles. The van der Waals surface area contributed by atoms with E-state index in [2.05, 4.69) is 26.1 Å². The van der Waals surface area contributed by atoms with Crippen molar-refractivity contribution in [3.63, 3.8) is 0 Å². The van der Waals surface area contributed by atoms with E-state index in [9.17, 15) is 14.7 Å². The Morgan fingerprint density at radius 1 is 1.15 bits per heavy atom. The zero-order valence-electron chi connectivity index (χ0n) is 13.2. The Kier molecular flexibility index (Phi) is 5.42. The number of nitrogens with one attached hydrogen (secondary N) is 1. The summed E-state index contributed by atoms with van der Waals surface area (Å²) in [5, 5.41) is 12.3. The topological polar surface area (TPSA) is 69.6 Å². The van der Waals surface area contributed by atoms with Gasteiger partial charge in [-0.05, 0) is 18.3 Å². The number of rotatable bonds is 3. The Morgan fingerprint density at radius 3 is 2.05 bits per heavy atom. The second kappa shape index (κ2) is 6.46. The fourth-order valence-electron chi connectivity index (χ4n) is 2.81. The summed E-state index contributed by atoms with van der Waals surface area (Å²) in [6, 6.07) is -0.288. The number of carbonyl (C=O) groups is 2. The predicted molar refractivity (Wildman–Crippen MR) is 78.7 cm³/mol. The van der Waals surface area contributed by atoms with Crippen LogP contribution in [0.25, 0.3) is 0 Å². The van der Waals surface area contributed by atoms with Crippen LogP contribution in [0.5, 0.6) is 0 Å². The molecule has 0 radical (unpaired) electrons. The first-order valence-electron chi connectivity index (χ1n) is 7.43. The first-order valence-corrected chi connectivity index (χ1v) is 7.43. The molecule has 5 nitrogen and oxygen atoms in total. The van der Waals surface area contributed by atoms with Crippen molar-refractivity contribution in [1.82, 2.24) is 10.2 Å². The second-order valence-electron chi connectivity index (χ2n) is 7.15. The molecule has 0 aliphatic heterocycles. The van der Waals surface area contributed by atoms with Crippen molar-refractivity contribution in [2.45, 2.75) is 64.8 Å². The van der Waals surface area contributed by atoms with E-state index in [1.54, 1.807) is 11.9 Å². The molecule has 0 spiro atoms. The van der Waals surface area contributed by atoms with Gasteiger partial charge >= 0.3 is 12.0 Å². The van der Waals surface area contributed by atoms with E-state index in [1.165, 1.54) is 0 Å². The Bertz CT molecular complexity index is 353. The Labute approximate surface area is 121 Å². The van der Waals surface area contributed by atoms with Crippen molar-refractivity contribution in [2.24, 2.45) is 5.41 Å². The number of carboxylic acid groups (broad SMARTS) is 1. The fourth-order valence-corrected chi connectivity index (χ4v) is 2.81. The van der Waals surface area contributed by atoms with Gasteiger partial charge in [-0.15, -0.1) is 0 Å². The van der Waals surface area contributed by atoms with Gasteiger partial charge in [0.2, 0.25) is 0 Å². The summed E-state index contributed by atoms with van der Waals surface area (Å²) >= 11 is 0. The second-order valence-corrected chi connectivity index (χ2v) is 7.15. The third-order valence-corrected chi connectivity index (χ3v) is 3.77. The van der Waals surface area contributed by atoms with Crippen molar-refractivity contribution in [2.75, 3.05) is 13.6 Å². The normalized spacial score (nSPS) is 19.0. The number of hydrogen-bond donors (Lipinski definition) is 2.